The summed E-state index contributed by atoms with van der Waals surface area (Å²) in [5.41, 5.74) is 0.115. The number of halogens is 3. The summed E-state index contributed by atoms with van der Waals surface area (Å²) in [7, 11) is -1.87. The van der Waals surface area contributed by atoms with Crippen LogP contribution >= 0.6 is 0 Å². The molecule has 3 rings (SSSR count). The zero-order chi connectivity index (χ0) is 19.1. The second-order valence-electron chi connectivity index (χ2n) is 7.21. The van der Waals surface area contributed by atoms with Gasteiger partial charge in [0.1, 0.15) is 6.04 Å². The Morgan fingerprint density at radius 3 is 1.77 bits per heavy atom. The van der Waals surface area contributed by atoms with Gasteiger partial charge in [0.2, 0.25) is 0 Å². The molecule has 2 atom stereocenters. The number of alkyl halides is 3. The number of nitrogens with one attached hydrogen (secondary N) is 1. The van der Waals surface area contributed by atoms with Gasteiger partial charge in [-0.15, -0.1) is 0 Å². The normalized spacial score (nSPS) is 15.3. The van der Waals surface area contributed by atoms with E-state index < -0.39 is 28.0 Å². The molecule has 0 aromatic heterocycles. The Balaban J connectivity index is 2.31. The lowest BCUT2D eigenvalue weighted by Gasteiger charge is -2.28. The number of rotatable bonds is 3. The molecule has 138 valence electrons. The van der Waals surface area contributed by atoms with Crippen LogP contribution in [0, 0.1) is 0 Å². The van der Waals surface area contributed by atoms with Gasteiger partial charge in [-0.3, -0.25) is 0 Å². The second-order valence-corrected chi connectivity index (χ2v) is 9.20. The fourth-order valence-electron chi connectivity index (χ4n) is 2.93. The molecule has 3 aromatic carbocycles. The van der Waals surface area contributed by atoms with Crippen LogP contribution in [0.4, 0.5) is 13.2 Å². The number of fused-ring (bicyclic) bond motifs is 2. The molecular formula is C20H20F3NOS. The van der Waals surface area contributed by atoms with Crippen molar-refractivity contribution in [2.45, 2.75) is 37.7 Å². The van der Waals surface area contributed by atoms with Gasteiger partial charge in [0.15, 0.2) is 0 Å². The third-order valence-electron chi connectivity index (χ3n) is 4.21. The largest absolute Gasteiger partial charge is 0.408 e. The Hall–Kier alpha value is -1.92. The predicted molar refractivity (Wildman–Crippen MR) is 101 cm³/mol. The molecule has 0 aliphatic carbocycles. The molecule has 0 bridgehead atoms. The summed E-state index contributed by atoms with van der Waals surface area (Å²) in [4.78, 5) is 0. The highest BCUT2D eigenvalue weighted by Gasteiger charge is 2.44. The highest BCUT2D eigenvalue weighted by Crippen LogP contribution is 2.41. The summed E-state index contributed by atoms with van der Waals surface area (Å²) in [6.45, 7) is 4.93. The molecule has 3 aromatic rings. The first kappa shape index (κ1) is 18.9. The van der Waals surface area contributed by atoms with E-state index in [1.54, 1.807) is 69.3 Å². The van der Waals surface area contributed by atoms with Gasteiger partial charge < -0.3 is 0 Å². The molecule has 0 fully saturated rings. The molecule has 0 heterocycles. The molecule has 0 spiro atoms. The summed E-state index contributed by atoms with van der Waals surface area (Å²) < 4.78 is 56.0. The SMILES string of the molecule is CC(C)(C)S(=O)N[C@@H](c1c2ccccc2cc2ccccc12)C(F)(F)F. The van der Waals surface area contributed by atoms with Gasteiger partial charge in [-0.05, 0) is 53.9 Å². The summed E-state index contributed by atoms with van der Waals surface area (Å²) in [6.07, 6.45) is -4.59. The standard InChI is InChI=1S/C20H20F3NOS/c1-19(2,3)26(25)24-18(20(21,22)23)17-15-10-6-4-8-13(15)12-14-9-5-7-11-16(14)17/h4-12,18,24H,1-3H3/t18-,26?/m0/s1. The van der Waals surface area contributed by atoms with Crippen molar-refractivity contribution in [1.29, 1.82) is 0 Å². The average molecular weight is 379 g/mol. The maximum atomic E-state index is 14.0. The lowest BCUT2D eigenvalue weighted by molar-refractivity contribution is -0.152. The topological polar surface area (TPSA) is 29.1 Å². The van der Waals surface area contributed by atoms with E-state index in [-0.39, 0.29) is 5.56 Å². The molecular weight excluding hydrogens is 359 g/mol. The van der Waals surface area contributed by atoms with Crippen LogP contribution in [-0.4, -0.2) is 15.1 Å². The van der Waals surface area contributed by atoms with Crippen molar-refractivity contribution in [3.63, 3.8) is 0 Å². The van der Waals surface area contributed by atoms with Crippen molar-refractivity contribution in [1.82, 2.24) is 4.72 Å². The van der Waals surface area contributed by atoms with Gasteiger partial charge in [0, 0.05) is 0 Å². The van der Waals surface area contributed by atoms with Gasteiger partial charge in [-0.2, -0.15) is 13.2 Å². The van der Waals surface area contributed by atoms with Crippen molar-refractivity contribution in [2.24, 2.45) is 0 Å². The fraction of sp³-hybridized carbons (Fsp3) is 0.300. The Kier molecular flexibility index (Phi) is 4.84. The van der Waals surface area contributed by atoms with Gasteiger partial charge in [-0.1, -0.05) is 48.5 Å². The van der Waals surface area contributed by atoms with E-state index in [0.29, 0.717) is 10.8 Å². The molecule has 1 unspecified atom stereocenters. The predicted octanol–water partition coefficient (Wildman–Crippen LogP) is 5.65. The van der Waals surface area contributed by atoms with Gasteiger partial charge >= 0.3 is 6.18 Å². The van der Waals surface area contributed by atoms with Gasteiger partial charge in [-0.25, -0.2) is 8.93 Å². The Morgan fingerprint density at radius 2 is 1.35 bits per heavy atom. The van der Waals surface area contributed by atoms with Crippen LogP contribution in [0.15, 0.2) is 54.6 Å². The smallest absolute Gasteiger partial charge is 0.242 e. The van der Waals surface area contributed by atoms with Crippen molar-refractivity contribution in [3.05, 3.63) is 60.2 Å². The Bertz CT molecular complexity index is 922. The minimum Gasteiger partial charge on any atom is -0.242 e. The first-order chi connectivity index (χ1) is 12.1. The van der Waals surface area contributed by atoms with Crippen molar-refractivity contribution in [2.75, 3.05) is 0 Å². The van der Waals surface area contributed by atoms with E-state index in [1.807, 2.05) is 6.07 Å². The zero-order valence-electron chi connectivity index (χ0n) is 14.7. The van der Waals surface area contributed by atoms with Crippen LogP contribution in [0.5, 0.6) is 0 Å². The minimum absolute atomic E-state index is 0.115. The van der Waals surface area contributed by atoms with Gasteiger partial charge in [0.05, 0.1) is 15.7 Å². The minimum atomic E-state index is -4.59. The quantitative estimate of drug-likeness (QED) is 0.586. The highest BCUT2D eigenvalue weighted by molar-refractivity contribution is 7.84. The number of benzene rings is 3. The van der Waals surface area contributed by atoms with Crippen LogP contribution in [0.25, 0.3) is 21.5 Å². The second kappa shape index (κ2) is 6.67. The summed E-state index contributed by atoms with van der Waals surface area (Å²) in [6, 6.07) is 13.8. The maximum Gasteiger partial charge on any atom is 0.408 e. The van der Waals surface area contributed by atoms with E-state index >= 15 is 0 Å². The van der Waals surface area contributed by atoms with Crippen molar-refractivity contribution < 1.29 is 17.4 Å². The fourth-order valence-corrected chi connectivity index (χ4v) is 3.75. The summed E-state index contributed by atoms with van der Waals surface area (Å²) in [5.74, 6) is 0. The molecule has 2 nitrogen and oxygen atoms in total. The first-order valence-electron chi connectivity index (χ1n) is 8.24. The molecule has 0 saturated heterocycles. The average Bonchev–Trinajstić information content (AvgIpc) is 2.56. The van der Waals surface area contributed by atoms with E-state index in [0.717, 1.165) is 10.8 Å². The molecule has 0 aliphatic heterocycles. The summed E-state index contributed by atoms with van der Waals surface area (Å²) >= 11 is 0. The molecule has 1 N–H and O–H groups in total. The van der Waals surface area contributed by atoms with Gasteiger partial charge in [0.25, 0.3) is 0 Å². The van der Waals surface area contributed by atoms with Crippen LogP contribution in [0.2, 0.25) is 0 Å². The van der Waals surface area contributed by atoms with E-state index in [4.69, 9.17) is 0 Å². The Labute approximate surface area is 153 Å². The molecule has 0 amide bonds. The van der Waals surface area contributed by atoms with E-state index in [1.165, 1.54) is 0 Å². The third-order valence-corrected chi connectivity index (χ3v) is 5.77. The molecule has 0 radical (unpaired) electrons. The van der Waals surface area contributed by atoms with Crippen LogP contribution < -0.4 is 4.72 Å². The molecule has 6 heteroatoms. The van der Waals surface area contributed by atoms with Crippen molar-refractivity contribution in [3.8, 4) is 0 Å². The monoisotopic (exact) mass is 379 g/mol. The van der Waals surface area contributed by atoms with Crippen LogP contribution in [-0.2, 0) is 11.0 Å². The Morgan fingerprint density at radius 1 is 0.885 bits per heavy atom. The van der Waals surface area contributed by atoms with Crippen molar-refractivity contribution >= 4 is 32.5 Å². The van der Waals surface area contributed by atoms with Crippen LogP contribution in [0.3, 0.4) is 0 Å². The van der Waals surface area contributed by atoms with Crippen LogP contribution in [0.1, 0.15) is 32.4 Å². The highest BCUT2D eigenvalue weighted by atomic mass is 32.2. The lowest BCUT2D eigenvalue weighted by Crippen LogP contribution is -2.41. The first-order valence-corrected chi connectivity index (χ1v) is 9.39. The number of hydrogen-bond acceptors (Lipinski definition) is 1. The molecule has 0 aliphatic rings. The molecule has 0 saturated carbocycles. The molecule has 26 heavy (non-hydrogen) atoms. The van der Waals surface area contributed by atoms with E-state index in [2.05, 4.69) is 4.72 Å². The lowest BCUT2D eigenvalue weighted by atomic mass is 9.92. The third kappa shape index (κ3) is 3.62. The zero-order valence-corrected chi connectivity index (χ0v) is 15.5. The van der Waals surface area contributed by atoms with E-state index in [9.17, 15) is 17.4 Å². The summed E-state index contributed by atoms with van der Waals surface area (Å²) in [5, 5.41) is 2.46. The number of hydrogen-bond donors (Lipinski definition) is 1. The maximum absolute atomic E-state index is 14.0.